The number of nitrogens with zero attached hydrogens (tertiary/aromatic N) is 3. The summed E-state index contributed by atoms with van der Waals surface area (Å²) in [5.41, 5.74) is 1.31. The summed E-state index contributed by atoms with van der Waals surface area (Å²) < 4.78 is 0. The van der Waals surface area contributed by atoms with Crippen LogP contribution in [-0.4, -0.2) is 57.3 Å². The number of hydrogen-bond donors (Lipinski definition) is 3. The third-order valence-electron chi connectivity index (χ3n) is 6.48. The van der Waals surface area contributed by atoms with Crippen molar-refractivity contribution in [2.45, 2.75) is 58.1 Å². The van der Waals surface area contributed by atoms with Crippen molar-refractivity contribution in [1.29, 1.82) is 0 Å². The zero-order valence-corrected chi connectivity index (χ0v) is 20.4. The molecule has 4 rings (SSSR count). The molecular formula is C26H31N5O5. The van der Waals surface area contributed by atoms with Crippen molar-refractivity contribution < 1.29 is 24.3 Å². The van der Waals surface area contributed by atoms with Gasteiger partial charge in [-0.05, 0) is 50.5 Å². The first-order chi connectivity index (χ1) is 17.2. The Kier molecular flexibility index (Phi) is 7.52. The zero-order valence-electron chi connectivity index (χ0n) is 20.4. The molecule has 0 bridgehead atoms. The van der Waals surface area contributed by atoms with Gasteiger partial charge < -0.3 is 20.2 Å². The third kappa shape index (κ3) is 6.18. The van der Waals surface area contributed by atoms with Crippen molar-refractivity contribution in [1.82, 2.24) is 9.88 Å². The van der Waals surface area contributed by atoms with Crippen LogP contribution in [-0.2, 0) is 20.8 Å². The van der Waals surface area contributed by atoms with Crippen LogP contribution >= 0.6 is 0 Å². The third-order valence-corrected chi connectivity index (χ3v) is 6.48. The van der Waals surface area contributed by atoms with E-state index in [0.29, 0.717) is 30.9 Å². The quantitative estimate of drug-likeness (QED) is 0.511. The molecule has 1 aromatic heterocycles. The summed E-state index contributed by atoms with van der Waals surface area (Å²) in [6.45, 7) is 3.99. The summed E-state index contributed by atoms with van der Waals surface area (Å²) in [6.07, 6.45) is 4.03. The highest BCUT2D eigenvalue weighted by molar-refractivity contribution is 5.99. The molecule has 36 heavy (non-hydrogen) atoms. The lowest BCUT2D eigenvalue weighted by Crippen LogP contribution is -2.41. The Morgan fingerprint density at radius 2 is 1.92 bits per heavy atom. The maximum Gasteiger partial charge on any atom is 0.324 e. The molecule has 190 valence electrons. The van der Waals surface area contributed by atoms with E-state index < -0.39 is 17.4 Å². The molecule has 0 radical (unpaired) electrons. The maximum atomic E-state index is 13.1. The van der Waals surface area contributed by atoms with Crippen LogP contribution in [0.5, 0.6) is 0 Å². The predicted octanol–water partition coefficient (Wildman–Crippen LogP) is 3.90. The average molecular weight is 494 g/mol. The fourth-order valence-electron chi connectivity index (χ4n) is 4.50. The molecule has 3 N–H and O–H groups in total. The van der Waals surface area contributed by atoms with Gasteiger partial charge in [-0.1, -0.05) is 29.4 Å². The van der Waals surface area contributed by atoms with E-state index in [9.17, 15) is 19.5 Å². The molecule has 1 aromatic carbocycles. The van der Waals surface area contributed by atoms with Crippen LogP contribution in [0.15, 0.2) is 53.8 Å². The number of hydrogen-bond acceptors (Lipinski definition) is 6. The van der Waals surface area contributed by atoms with Crippen LogP contribution in [0.2, 0.25) is 0 Å². The van der Waals surface area contributed by atoms with Crippen molar-refractivity contribution in [3.63, 3.8) is 0 Å². The number of carbonyl (C=O) groups excluding carboxylic acids is 2. The molecule has 0 spiro atoms. The topological polar surface area (TPSA) is 133 Å². The number of urea groups is 1. The van der Waals surface area contributed by atoms with Crippen LogP contribution in [0.4, 0.5) is 16.3 Å². The maximum absolute atomic E-state index is 13.1. The number of anilines is 2. The van der Waals surface area contributed by atoms with E-state index in [0.717, 1.165) is 24.1 Å². The Labute approximate surface area is 209 Å². The summed E-state index contributed by atoms with van der Waals surface area (Å²) >= 11 is 0. The van der Waals surface area contributed by atoms with E-state index in [1.165, 1.54) is 0 Å². The second-order valence-corrected chi connectivity index (χ2v) is 9.83. The van der Waals surface area contributed by atoms with Crippen LogP contribution in [0.1, 0.15) is 45.1 Å². The van der Waals surface area contributed by atoms with E-state index in [1.807, 2.05) is 23.1 Å². The highest BCUT2D eigenvalue weighted by Crippen LogP contribution is 2.31. The van der Waals surface area contributed by atoms with Crippen LogP contribution < -0.4 is 10.6 Å². The number of pyridine rings is 1. The van der Waals surface area contributed by atoms with Gasteiger partial charge in [0, 0.05) is 31.3 Å². The van der Waals surface area contributed by atoms with Gasteiger partial charge >= 0.3 is 12.0 Å². The molecule has 10 heteroatoms. The highest BCUT2D eigenvalue weighted by Gasteiger charge is 2.39. The first-order valence-corrected chi connectivity index (χ1v) is 12.0. The van der Waals surface area contributed by atoms with Crippen molar-refractivity contribution in [3.05, 3.63) is 54.2 Å². The van der Waals surface area contributed by atoms with E-state index in [4.69, 9.17) is 4.84 Å². The minimum absolute atomic E-state index is 0.0288. The number of carbonyl (C=O) groups is 3. The number of oxime groups is 1. The molecule has 1 fully saturated rings. The van der Waals surface area contributed by atoms with E-state index in [2.05, 4.69) is 20.8 Å². The van der Waals surface area contributed by atoms with Crippen LogP contribution in [0.3, 0.4) is 0 Å². The number of aromatic nitrogens is 1. The standard InChI is InChI=1S/C26H31N5O5/c1-26(2,24(33)34)15-19-14-20(30-36-19)21-9-6-12-31(21)23(32)13-17-10-11-22(27-16-17)29-25(35)28-18-7-4-3-5-8-18/h3-5,7-8,10-11,16,19,21H,6,9,12-15H2,1-2H3,(H,33,34)(H2,27,28,29,35). The van der Waals surface area contributed by atoms with Crippen molar-refractivity contribution in [3.8, 4) is 0 Å². The highest BCUT2D eigenvalue weighted by atomic mass is 16.6. The van der Waals surface area contributed by atoms with Gasteiger partial charge in [0.05, 0.1) is 23.6 Å². The molecule has 10 nitrogen and oxygen atoms in total. The first kappa shape index (κ1) is 25.2. The van der Waals surface area contributed by atoms with Crippen molar-refractivity contribution in [2.75, 3.05) is 17.2 Å². The van der Waals surface area contributed by atoms with Gasteiger partial charge in [0.15, 0.2) is 0 Å². The average Bonchev–Trinajstić information content (AvgIpc) is 3.50. The zero-order chi connectivity index (χ0) is 25.7. The van der Waals surface area contributed by atoms with Crippen molar-refractivity contribution >= 4 is 35.1 Å². The lowest BCUT2D eigenvalue weighted by Gasteiger charge is -2.25. The number of nitrogens with one attached hydrogen (secondary N) is 2. The number of carboxylic acids is 1. The monoisotopic (exact) mass is 493 g/mol. The predicted molar refractivity (Wildman–Crippen MR) is 135 cm³/mol. The van der Waals surface area contributed by atoms with Gasteiger partial charge in [0.25, 0.3) is 0 Å². The van der Waals surface area contributed by atoms with Crippen molar-refractivity contribution in [2.24, 2.45) is 10.6 Å². The fourth-order valence-corrected chi connectivity index (χ4v) is 4.50. The minimum Gasteiger partial charge on any atom is -0.481 e. The number of amides is 3. The normalized spacial score (nSPS) is 19.4. The SMILES string of the molecule is CC(C)(CC1CC(C2CCCN2C(=O)Cc2ccc(NC(=O)Nc3ccccc3)nc2)=NO1)C(=O)O. The van der Waals surface area contributed by atoms with Gasteiger partial charge in [0.1, 0.15) is 11.9 Å². The van der Waals surface area contributed by atoms with Gasteiger partial charge in [-0.25, -0.2) is 9.78 Å². The Hall–Kier alpha value is -3.95. The molecule has 2 atom stereocenters. The molecule has 2 aliphatic heterocycles. The van der Waals surface area contributed by atoms with Crippen LogP contribution in [0.25, 0.3) is 0 Å². The molecular weight excluding hydrogens is 462 g/mol. The minimum atomic E-state index is -0.906. The summed E-state index contributed by atoms with van der Waals surface area (Å²) in [7, 11) is 0. The molecule has 3 heterocycles. The number of carboxylic acid groups (broad SMARTS) is 1. The Morgan fingerprint density at radius 1 is 1.14 bits per heavy atom. The molecule has 0 aliphatic carbocycles. The number of benzene rings is 1. The Bertz CT molecular complexity index is 1130. The molecule has 3 amide bonds. The summed E-state index contributed by atoms with van der Waals surface area (Å²) in [5, 5.41) is 19.0. The summed E-state index contributed by atoms with van der Waals surface area (Å²) in [5.74, 6) is -0.519. The molecule has 2 unspecified atom stereocenters. The second-order valence-electron chi connectivity index (χ2n) is 9.83. The van der Waals surface area contributed by atoms with Gasteiger partial charge in [-0.3, -0.25) is 14.9 Å². The number of para-hydroxylation sites is 1. The fraction of sp³-hybridized carbons (Fsp3) is 0.423. The van der Waals surface area contributed by atoms with E-state index in [-0.39, 0.29) is 24.5 Å². The lowest BCUT2D eigenvalue weighted by atomic mass is 9.85. The molecule has 0 saturated carbocycles. The Balaban J connectivity index is 1.29. The molecule has 2 aliphatic rings. The molecule has 2 aromatic rings. The van der Waals surface area contributed by atoms with Gasteiger partial charge in [0.2, 0.25) is 5.91 Å². The smallest absolute Gasteiger partial charge is 0.324 e. The second kappa shape index (κ2) is 10.8. The van der Waals surface area contributed by atoms with Crippen LogP contribution in [0, 0.1) is 5.41 Å². The first-order valence-electron chi connectivity index (χ1n) is 12.0. The number of aliphatic carboxylic acids is 1. The summed E-state index contributed by atoms with van der Waals surface area (Å²) in [4.78, 5) is 48.3. The largest absolute Gasteiger partial charge is 0.481 e. The van der Waals surface area contributed by atoms with E-state index >= 15 is 0 Å². The number of likely N-dealkylation sites (tertiary alicyclic amines) is 1. The Morgan fingerprint density at radius 3 is 2.61 bits per heavy atom. The van der Waals surface area contributed by atoms with Gasteiger partial charge in [-0.2, -0.15) is 0 Å². The lowest BCUT2D eigenvalue weighted by molar-refractivity contribution is -0.149. The summed E-state index contributed by atoms with van der Waals surface area (Å²) in [6, 6.07) is 12.0. The number of rotatable bonds is 8. The molecule has 1 saturated heterocycles. The van der Waals surface area contributed by atoms with Gasteiger partial charge in [-0.15, -0.1) is 0 Å². The van der Waals surface area contributed by atoms with E-state index in [1.54, 1.807) is 44.3 Å².